The predicted octanol–water partition coefficient (Wildman–Crippen LogP) is 0.822. The van der Waals surface area contributed by atoms with E-state index in [0.717, 1.165) is 0 Å². The average molecular weight is 241 g/mol. The standard InChI is InChI=1S/C10H11NO4S/c1-7(10(12)13)5-8-3-2-4-9(6-8)16(11,14)15/h2-6H,1H3,(H,12,13)(H2,11,14,15)/b7-5+. The van der Waals surface area contributed by atoms with Crippen LogP contribution in [0.5, 0.6) is 0 Å². The van der Waals surface area contributed by atoms with Crippen molar-refractivity contribution in [3.05, 3.63) is 35.4 Å². The number of hydrogen-bond acceptors (Lipinski definition) is 3. The van der Waals surface area contributed by atoms with E-state index in [2.05, 4.69) is 0 Å². The lowest BCUT2D eigenvalue weighted by atomic mass is 10.1. The average Bonchev–Trinajstić information content (AvgIpc) is 2.16. The van der Waals surface area contributed by atoms with Crippen LogP contribution in [-0.2, 0) is 14.8 Å². The van der Waals surface area contributed by atoms with Crippen LogP contribution in [0.4, 0.5) is 0 Å². The van der Waals surface area contributed by atoms with Crippen LogP contribution in [0.25, 0.3) is 6.08 Å². The number of rotatable bonds is 3. The summed E-state index contributed by atoms with van der Waals surface area (Å²) in [6, 6.07) is 5.77. The number of sulfonamides is 1. The molecule has 0 saturated heterocycles. The van der Waals surface area contributed by atoms with Crippen LogP contribution in [0.15, 0.2) is 34.7 Å². The fraction of sp³-hybridized carbons (Fsp3) is 0.100. The molecule has 0 radical (unpaired) electrons. The van der Waals surface area contributed by atoms with Gasteiger partial charge in [-0.25, -0.2) is 18.4 Å². The SMILES string of the molecule is C/C(=C\c1cccc(S(N)(=O)=O)c1)C(=O)O. The van der Waals surface area contributed by atoms with Gasteiger partial charge >= 0.3 is 5.97 Å². The van der Waals surface area contributed by atoms with Gasteiger partial charge in [-0.1, -0.05) is 12.1 Å². The molecule has 0 amide bonds. The molecule has 0 aliphatic carbocycles. The molecule has 0 fully saturated rings. The Balaban J connectivity index is 3.20. The minimum absolute atomic E-state index is 0.0422. The monoisotopic (exact) mass is 241 g/mol. The lowest BCUT2D eigenvalue weighted by Crippen LogP contribution is -2.12. The van der Waals surface area contributed by atoms with Crippen LogP contribution < -0.4 is 5.14 Å². The number of aliphatic carboxylic acids is 1. The number of primary sulfonamides is 1. The molecule has 0 aliphatic heterocycles. The Morgan fingerprint density at radius 1 is 1.44 bits per heavy atom. The topological polar surface area (TPSA) is 97.5 Å². The van der Waals surface area contributed by atoms with Crippen molar-refractivity contribution in [1.82, 2.24) is 0 Å². The fourth-order valence-electron chi connectivity index (χ4n) is 1.09. The number of nitrogens with two attached hydrogens (primary N) is 1. The number of carbonyl (C=O) groups is 1. The lowest BCUT2D eigenvalue weighted by Gasteiger charge is -2.00. The third-order valence-corrected chi connectivity index (χ3v) is 2.82. The molecule has 0 bridgehead atoms. The minimum Gasteiger partial charge on any atom is -0.478 e. The van der Waals surface area contributed by atoms with E-state index in [1.165, 1.54) is 31.2 Å². The van der Waals surface area contributed by atoms with E-state index >= 15 is 0 Å². The van der Waals surface area contributed by atoms with Crippen LogP contribution in [0.3, 0.4) is 0 Å². The summed E-state index contributed by atoms with van der Waals surface area (Å²) in [6.07, 6.45) is 1.37. The van der Waals surface area contributed by atoms with Gasteiger partial charge in [0.15, 0.2) is 0 Å². The van der Waals surface area contributed by atoms with E-state index in [0.29, 0.717) is 5.56 Å². The second kappa shape index (κ2) is 4.46. The Bertz CT molecular complexity index is 546. The lowest BCUT2D eigenvalue weighted by molar-refractivity contribution is -0.132. The number of carboxylic acid groups (broad SMARTS) is 1. The van der Waals surface area contributed by atoms with Crippen LogP contribution in [0, 0.1) is 0 Å². The molecule has 0 atom stereocenters. The normalized spacial score (nSPS) is 12.5. The molecule has 0 aliphatic rings. The highest BCUT2D eigenvalue weighted by molar-refractivity contribution is 7.89. The van der Waals surface area contributed by atoms with Crippen LogP contribution in [0.1, 0.15) is 12.5 Å². The van der Waals surface area contributed by atoms with Crippen LogP contribution in [0.2, 0.25) is 0 Å². The van der Waals surface area contributed by atoms with Crippen molar-refractivity contribution < 1.29 is 18.3 Å². The summed E-state index contributed by atoms with van der Waals surface area (Å²) >= 11 is 0. The summed E-state index contributed by atoms with van der Waals surface area (Å²) in [5.74, 6) is -1.05. The minimum atomic E-state index is -3.76. The van der Waals surface area contributed by atoms with Gasteiger partial charge in [-0.15, -0.1) is 0 Å². The summed E-state index contributed by atoms with van der Waals surface area (Å²) in [7, 11) is -3.76. The van der Waals surface area contributed by atoms with E-state index in [1.807, 2.05) is 0 Å². The molecule has 0 saturated carbocycles. The molecule has 1 rings (SSSR count). The van der Waals surface area contributed by atoms with Crippen molar-refractivity contribution >= 4 is 22.1 Å². The molecular weight excluding hydrogens is 230 g/mol. The van der Waals surface area contributed by atoms with Gasteiger partial charge in [-0.2, -0.15) is 0 Å². The van der Waals surface area contributed by atoms with Gasteiger partial charge in [0.1, 0.15) is 0 Å². The number of carboxylic acids is 1. The predicted molar refractivity (Wildman–Crippen MR) is 59.1 cm³/mol. The Morgan fingerprint density at radius 2 is 2.06 bits per heavy atom. The van der Waals surface area contributed by atoms with Crippen LogP contribution >= 0.6 is 0 Å². The summed E-state index contributed by atoms with van der Waals surface area (Å²) in [5, 5.41) is 13.6. The van der Waals surface area contributed by atoms with Gasteiger partial charge in [-0.3, -0.25) is 0 Å². The zero-order valence-electron chi connectivity index (χ0n) is 8.54. The molecule has 0 unspecified atom stereocenters. The van der Waals surface area contributed by atoms with Crippen molar-refractivity contribution in [2.45, 2.75) is 11.8 Å². The first-order valence-corrected chi connectivity index (χ1v) is 5.90. The van der Waals surface area contributed by atoms with E-state index in [9.17, 15) is 13.2 Å². The zero-order chi connectivity index (χ0) is 12.3. The first kappa shape index (κ1) is 12.4. The summed E-state index contributed by atoms with van der Waals surface area (Å²) in [5.41, 5.74) is 0.595. The quantitative estimate of drug-likeness (QED) is 0.765. The van der Waals surface area contributed by atoms with Crippen molar-refractivity contribution in [2.24, 2.45) is 5.14 Å². The second-order valence-corrected chi connectivity index (χ2v) is 4.81. The highest BCUT2D eigenvalue weighted by atomic mass is 32.2. The molecule has 6 heteroatoms. The molecule has 0 heterocycles. The summed E-state index contributed by atoms with van der Waals surface area (Å²) < 4.78 is 22.1. The Hall–Kier alpha value is -1.66. The highest BCUT2D eigenvalue weighted by Crippen LogP contribution is 2.12. The second-order valence-electron chi connectivity index (χ2n) is 3.25. The van der Waals surface area contributed by atoms with Gasteiger partial charge in [0.25, 0.3) is 0 Å². The third-order valence-electron chi connectivity index (χ3n) is 1.91. The van der Waals surface area contributed by atoms with Crippen LogP contribution in [-0.4, -0.2) is 19.5 Å². The highest BCUT2D eigenvalue weighted by Gasteiger charge is 2.07. The van der Waals surface area contributed by atoms with Crippen molar-refractivity contribution in [2.75, 3.05) is 0 Å². The Labute approximate surface area is 93.3 Å². The van der Waals surface area contributed by atoms with E-state index < -0.39 is 16.0 Å². The van der Waals surface area contributed by atoms with Gasteiger partial charge in [0.05, 0.1) is 4.90 Å². The number of hydrogen-bond donors (Lipinski definition) is 2. The van der Waals surface area contributed by atoms with Crippen molar-refractivity contribution in [1.29, 1.82) is 0 Å². The molecule has 0 aromatic heterocycles. The van der Waals surface area contributed by atoms with Crippen molar-refractivity contribution in [3.8, 4) is 0 Å². The van der Waals surface area contributed by atoms with E-state index in [-0.39, 0.29) is 10.5 Å². The van der Waals surface area contributed by atoms with E-state index in [1.54, 1.807) is 6.07 Å². The van der Waals surface area contributed by atoms with Gasteiger partial charge in [0, 0.05) is 5.57 Å². The first-order chi connectivity index (χ1) is 7.30. The largest absolute Gasteiger partial charge is 0.478 e. The van der Waals surface area contributed by atoms with Gasteiger partial charge in [0.2, 0.25) is 10.0 Å². The Kier molecular flexibility index (Phi) is 3.46. The Morgan fingerprint density at radius 3 is 2.56 bits per heavy atom. The molecule has 1 aromatic rings. The van der Waals surface area contributed by atoms with Gasteiger partial charge in [-0.05, 0) is 30.7 Å². The molecule has 3 N–H and O–H groups in total. The molecule has 86 valence electrons. The maximum Gasteiger partial charge on any atom is 0.331 e. The molecule has 16 heavy (non-hydrogen) atoms. The fourth-order valence-corrected chi connectivity index (χ4v) is 1.66. The molecule has 1 aromatic carbocycles. The smallest absolute Gasteiger partial charge is 0.331 e. The number of benzene rings is 1. The molecule has 5 nitrogen and oxygen atoms in total. The summed E-state index contributed by atoms with van der Waals surface area (Å²) in [6.45, 7) is 1.42. The van der Waals surface area contributed by atoms with E-state index in [4.69, 9.17) is 10.2 Å². The van der Waals surface area contributed by atoms with Crippen molar-refractivity contribution in [3.63, 3.8) is 0 Å². The maximum atomic E-state index is 11.0. The zero-order valence-corrected chi connectivity index (χ0v) is 9.36. The molecule has 0 spiro atoms. The van der Waals surface area contributed by atoms with Gasteiger partial charge < -0.3 is 5.11 Å². The third kappa shape index (κ3) is 3.18. The first-order valence-electron chi connectivity index (χ1n) is 4.35. The summed E-state index contributed by atoms with van der Waals surface area (Å²) in [4.78, 5) is 10.5. The molecular formula is C10H11NO4S. The maximum absolute atomic E-state index is 11.0.